The molecule has 2 unspecified atom stereocenters. The summed E-state index contributed by atoms with van der Waals surface area (Å²) in [6, 6.07) is 0.576. The fourth-order valence-corrected chi connectivity index (χ4v) is 2.94. The molecule has 0 radical (unpaired) electrons. The van der Waals surface area contributed by atoms with Crippen molar-refractivity contribution in [1.29, 1.82) is 0 Å². The van der Waals surface area contributed by atoms with Crippen LogP contribution in [-0.2, 0) is 7.05 Å². The van der Waals surface area contributed by atoms with Gasteiger partial charge in [-0.3, -0.25) is 0 Å². The van der Waals surface area contributed by atoms with E-state index in [-0.39, 0.29) is 0 Å². The van der Waals surface area contributed by atoms with Crippen molar-refractivity contribution in [1.82, 2.24) is 15.0 Å². The molecule has 4 nitrogen and oxygen atoms in total. The van der Waals surface area contributed by atoms with Gasteiger partial charge in [-0.1, -0.05) is 21.1 Å². The van der Waals surface area contributed by atoms with Gasteiger partial charge in [0.1, 0.15) is 5.82 Å². The summed E-state index contributed by atoms with van der Waals surface area (Å²) < 4.78 is 1.84. The normalized spacial score (nSPS) is 27.2. The van der Waals surface area contributed by atoms with E-state index in [0.29, 0.717) is 6.04 Å². The Morgan fingerprint density at radius 2 is 2.43 bits per heavy atom. The highest BCUT2D eigenvalue weighted by Crippen LogP contribution is 2.29. The molecule has 0 aliphatic carbocycles. The van der Waals surface area contributed by atoms with Crippen LogP contribution in [0.3, 0.4) is 0 Å². The summed E-state index contributed by atoms with van der Waals surface area (Å²) in [4.78, 5) is 2.38. The number of anilines is 1. The lowest BCUT2D eigenvalue weighted by Gasteiger charge is -2.24. The number of hydrogen-bond donors (Lipinski definition) is 0. The Bertz CT molecular complexity index is 312. The van der Waals surface area contributed by atoms with E-state index >= 15 is 0 Å². The third-order valence-corrected chi connectivity index (χ3v) is 3.93. The minimum Gasteiger partial charge on any atom is -0.352 e. The van der Waals surface area contributed by atoms with E-state index < -0.39 is 0 Å². The Kier molecular flexibility index (Phi) is 2.76. The van der Waals surface area contributed by atoms with Crippen LogP contribution in [0.2, 0.25) is 0 Å². The first-order valence-electron chi connectivity index (χ1n) is 4.91. The first-order chi connectivity index (χ1) is 6.74. The van der Waals surface area contributed by atoms with Crippen molar-refractivity contribution in [2.75, 3.05) is 16.8 Å². The molecule has 1 fully saturated rings. The van der Waals surface area contributed by atoms with Crippen LogP contribution in [0.4, 0.5) is 5.82 Å². The highest BCUT2D eigenvalue weighted by molar-refractivity contribution is 9.09. The highest BCUT2D eigenvalue weighted by Gasteiger charge is 2.31. The van der Waals surface area contributed by atoms with Crippen LogP contribution in [-0.4, -0.2) is 32.9 Å². The first kappa shape index (κ1) is 9.96. The average molecular weight is 259 g/mol. The average Bonchev–Trinajstić information content (AvgIpc) is 2.72. The maximum atomic E-state index is 3.96. The zero-order chi connectivity index (χ0) is 10.1. The van der Waals surface area contributed by atoms with Crippen LogP contribution in [0.5, 0.6) is 0 Å². The molecule has 78 valence electrons. The lowest BCUT2D eigenvalue weighted by Crippen LogP contribution is -2.31. The Hall–Kier alpha value is -0.580. The highest BCUT2D eigenvalue weighted by atomic mass is 79.9. The molecule has 5 heteroatoms. The molecule has 0 amide bonds. The Balaban J connectivity index is 2.18. The second-order valence-corrected chi connectivity index (χ2v) is 4.50. The lowest BCUT2D eigenvalue weighted by molar-refractivity contribution is 0.551. The molecule has 2 heterocycles. The molecule has 0 N–H and O–H groups in total. The Morgan fingerprint density at radius 3 is 2.93 bits per heavy atom. The van der Waals surface area contributed by atoms with Gasteiger partial charge in [-0.05, 0) is 19.3 Å². The van der Waals surface area contributed by atoms with Crippen molar-refractivity contribution < 1.29 is 0 Å². The smallest absolute Gasteiger partial charge is 0.147 e. The second-order valence-electron chi connectivity index (χ2n) is 3.85. The molecular formula is C9H15BrN4. The quantitative estimate of drug-likeness (QED) is 0.753. The fourth-order valence-electron chi connectivity index (χ4n) is 2.08. The van der Waals surface area contributed by atoms with Gasteiger partial charge in [0.15, 0.2) is 0 Å². The van der Waals surface area contributed by atoms with E-state index in [1.165, 1.54) is 6.42 Å². The largest absolute Gasteiger partial charge is 0.352 e. The second kappa shape index (κ2) is 3.88. The molecule has 1 aliphatic rings. The monoisotopic (exact) mass is 258 g/mol. The van der Waals surface area contributed by atoms with E-state index in [0.717, 1.165) is 23.6 Å². The van der Waals surface area contributed by atoms with Crippen molar-refractivity contribution >= 4 is 21.7 Å². The van der Waals surface area contributed by atoms with Crippen LogP contribution in [0.1, 0.15) is 13.3 Å². The summed E-state index contributed by atoms with van der Waals surface area (Å²) >= 11 is 3.56. The van der Waals surface area contributed by atoms with Gasteiger partial charge in [0.05, 0.1) is 6.20 Å². The van der Waals surface area contributed by atoms with Crippen LogP contribution < -0.4 is 4.90 Å². The maximum absolute atomic E-state index is 3.96. The molecule has 1 aromatic rings. The van der Waals surface area contributed by atoms with Crippen molar-refractivity contribution in [2.45, 2.75) is 19.4 Å². The fraction of sp³-hybridized carbons (Fsp3) is 0.778. The number of alkyl halides is 1. The van der Waals surface area contributed by atoms with Gasteiger partial charge in [-0.2, -0.15) is 0 Å². The number of rotatable bonds is 2. The van der Waals surface area contributed by atoms with E-state index in [4.69, 9.17) is 0 Å². The van der Waals surface area contributed by atoms with E-state index in [1.807, 2.05) is 17.9 Å². The van der Waals surface area contributed by atoms with Crippen molar-refractivity contribution in [2.24, 2.45) is 13.0 Å². The van der Waals surface area contributed by atoms with Crippen LogP contribution >= 0.6 is 15.9 Å². The van der Waals surface area contributed by atoms with E-state index in [9.17, 15) is 0 Å². The minimum atomic E-state index is 0.576. The van der Waals surface area contributed by atoms with Gasteiger partial charge in [0, 0.05) is 25.0 Å². The predicted octanol–water partition coefficient (Wildman–Crippen LogP) is 1.42. The van der Waals surface area contributed by atoms with Crippen LogP contribution in [0.15, 0.2) is 6.20 Å². The predicted molar refractivity (Wildman–Crippen MR) is 59.7 cm³/mol. The van der Waals surface area contributed by atoms with Crippen molar-refractivity contribution in [3.8, 4) is 0 Å². The number of aryl methyl sites for hydroxylation is 1. The Labute approximate surface area is 92.4 Å². The molecule has 14 heavy (non-hydrogen) atoms. The van der Waals surface area contributed by atoms with Crippen molar-refractivity contribution in [3.63, 3.8) is 0 Å². The molecule has 1 aromatic heterocycles. The number of nitrogens with zero attached hydrogens (tertiary/aromatic N) is 4. The number of halogens is 1. The Morgan fingerprint density at radius 1 is 1.64 bits per heavy atom. The molecule has 0 bridgehead atoms. The summed E-state index contributed by atoms with van der Waals surface area (Å²) in [6.07, 6.45) is 3.09. The third-order valence-electron chi connectivity index (χ3n) is 3.10. The van der Waals surface area contributed by atoms with Gasteiger partial charge in [0.2, 0.25) is 0 Å². The molecule has 1 saturated heterocycles. The van der Waals surface area contributed by atoms with Gasteiger partial charge in [-0.15, -0.1) is 5.10 Å². The third kappa shape index (κ3) is 1.54. The zero-order valence-corrected chi connectivity index (χ0v) is 10.1. The van der Waals surface area contributed by atoms with Crippen molar-refractivity contribution in [3.05, 3.63) is 6.20 Å². The van der Waals surface area contributed by atoms with Gasteiger partial charge in [0.25, 0.3) is 0 Å². The SMILES string of the molecule is CC1C(CBr)CCN1c1cnnn1C. The summed E-state index contributed by atoms with van der Waals surface area (Å²) in [6.45, 7) is 3.38. The first-order valence-corrected chi connectivity index (χ1v) is 6.03. The lowest BCUT2D eigenvalue weighted by atomic mass is 10.1. The summed E-state index contributed by atoms with van der Waals surface area (Å²) in [5.41, 5.74) is 0. The van der Waals surface area contributed by atoms with Gasteiger partial charge < -0.3 is 4.90 Å². The molecular weight excluding hydrogens is 244 g/mol. The summed E-state index contributed by atoms with van der Waals surface area (Å²) in [5.74, 6) is 1.87. The number of hydrogen-bond acceptors (Lipinski definition) is 3. The standard InChI is InChI=1S/C9H15BrN4/c1-7-8(5-10)3-4-14(7)9-6-11-12-13(9)2/h6-8H,3-5H2,1-2H3. The molecule has 0 aromatic carbocycles. The molecule has 0 saturated carbocycles. The molecule has 1 aliphatic heterocycles. The minimum absolute atomic E-state index is 0.576. The molecule has 2 rings (SSSR count). The van der Waals surface area contributed by atoms with Crippen LogP contribution in [0, 0.1) is 5.92 Å². The van der Waals surface area contributed by atoms with Crippen LogP contribution in [0.25, 0.3) is 0 Å². The van der Waals surface area contributed by atoms with Gasteiger partial charge >= 0.3 is 0 Å². The zero-order valence-electron chi connectivity index (χ0n) is 8.52. The maximum Gasteiger partial charge on any atom is 0.147 e. The molecule has 0 spiro atoms. The van der Waals surface area contributed by atoms with E-state index in [2.05, 4.69) is 38.1 Å². The van der Waals surface area contributed by atoms with E-state index in [1.54, 1.807) is 0 Å². The molecule has 2 atom stereocenters. The summed E-state index contributed by atoms with van der Waals surface area (Å²) in [5, 5.41) is 8.95. The summed E-state index contributed by atoms with van der Waals surface area (Å²) in [7, 11) is 1.94. The number of aromatic nitrogens is 3. The topological polar surface area (TPSA) is 34.0 Å². The van der Waals surface area contributed by atoms with Gasteiger partial charge in [-0.25, -0.2) is 4.68 Å².